The Morgan fingerprint density at radius 2 is 2.31 bits per heavy atom. The molecule has 0 radical (unpaired) electrons. The van der Waals surface area contributed by atoms with Gasteiger partial charge in [0.25, 0.3) is 0 Å². The first-order valence-corrected chi connectivity index (χ1v) is 6.65. The summed E-state index contributed by atoms with van der Waals surface area (Å²) in [6.07, 6.45) is 5.65. The highest BCUT2D eigenvalue weighted by Gasteiger charge is 2.25. The van der Waals surface area contributed by atoms with E-state index in [9.17, 15) is 4.79 Å². The Balaban J connectivity index is 2.07. The van der Waals surface area contributed by atoms with Crippen LogP contribution in [0.5, 0.6) is 0 Å². The molecule has 1 aromatic heterocycles. The molecule has 2 rings (SSSR count). The number of nitrogens with zero attached hydrogens (tertiary/aromatic N) is 3. The van der Waals surface area contributed by atoms with E-state index in [1.165, 1.54) is 0 Å². The van der Waals surface area contributed by atoms with Crippen molar-refractivity contribution in [3.63, 3.8) is 0 Å². The molecule has 1 aliphatic rings. The number of carbonyl (C=O) groups is 1. The maximum absolute atomic E-state index is 11.7. The van der Waals surface area contributed by atoms with Crippen molar-refractivity contribution in [2.75, 3.05) is 0 Å². The van der Waals surface area contributed by atoms with Crippen molar-refractivity contribution in [1.82, 2.24) is 14.8 Å². The van der Waals surface area contributed by atoms with E-state index in [4.69, 9.17) is 0 Å². The van der Waals surface area contributed by atoms with Gasteiger partial charge in [0, 0.05) is 12.5 Å². The summed E-state index contributed by atoms with van der Waals surface area (Å²) in [6, 6.07) is 0.344. The zero-order valence-electron chi connectivity index (χ0n) is 9.72. The number of carbonyl (C=O) groups excluding carboxylic acids is 1. The van der Waals surface area contributed by atoms with Crippen LogP contribution >= 0.6 is 11.8 Å². The number of ketones is 1. The molecule has 1 aliphatic carbocycles. The SMILES string of the molecule is CC(C)n1cnnc1S[C@H]1CCCCC1=O. The average molecular weight is 239 g/mol. The summed E-state index contributed by atoms with van der Waals surface area (Å²) in [5.74, 6) is 0.370. The van der Waals surface area contributed by atoms with Crippen molar-refractivity contribution in [3.05, 3.63) is 6.33 Å². The molecule has 0 spiro atoms. The topological polar surface area (TPSA) is 47.8 Å². The second-order valence-electron chi connectivity index (χ2n) is 4.43. The first-order chi connectivity index (χ1) is 7.68. The van der Waals surface area contributed by atoms with Crippen LogP contribution in [0.2, 0.25) is 0 Å². The van der Waals surface area contributed by atoms with Crippen molar-refractivity contribution in [2.24, 2.45) is 0 Å². The molecule has 1 heterocycles. The molecule has 1 aromatic rings. The van der Waals surface area contributed by atoms with Gasteiger partial charge in [-0.25, -0.2) is 0 Å². The molecule has 1 atom stereocenters. The Kier molecular flexibility index (Phi) is 3.63. The minimum atomic E-state index is 0.0930. The van der Waals surface area contributed by atoms with Gasteiger partial charge >= 0.3 is 0 Å². The lowest BCUT2D eigenvalue weighted by Gasteiger charge is -2.20. The van der Waals surface area contributed by atoms with E-state index < -0.39 is 0 Å². The highest BCUT2D eigenvalue weighted by molar-refractivity contribution is 8.00. The zero-order valence-corrected chi connectivity index (χ0v) is 10.5. The molecule has 0 aliphatic heterocycles. The van der Waals surface area contributed by atoms with Gasteiger partial charge in [-0.1, -0.05) is 18.2 Å². The van der Waals surface area contributed by atoms with Crippen LogP contribution in [0.15, 0.2) is 11.5 Å². The van der Waals surface area contributed by atoms with Crippen LogP contribution in [0.25, 0.3) is 0 Å². The minimum Gasteiger partial charge on any atom is -0.306 e. The number of hydrogen-bond donors (Lipinski definition) is 0. The summed E-state index contributed by atoms with van der Waals surface area (Å²) >= 11 is 1.57. The molecule has 0 aromatic carbocycles. The lowest BCUT2D eigenvalue weighted by atomic mass is 9.99. The Morgan fingerprint density at radius 3 is 3.00 bits per heavy atom. The highest BCUT2D eigenvalue weighted by Crippen LogP contribution is 2.31. The number of aromatic nitrogens is 3. The Hall–Kier alpha value is -0.840. The molecule has 0 N–H and O–H groups in total. The fourth-order valence-corrected chi connectivity index (χ4v) is 3.14. The number of rotatable bonds is 3. The third-order valence-electron chi connectivity index (χ3n) is 2.84. The van der Waals surface area contributed by atoms with Gasteiger partial charge in [0.15, 0.2) is 5.16 Å². The van der Waals surface area contributed by atoms with Crippen LogP contribution < -0.4 is 0 Å². The standard InChI is InChI=1S/C11H17N3OS/c1-8(2)14-7-12-13-11(14)16-10-6-4-3-5-9(10)15/h7-8,10H,3-6H2,1-2H3/t10-/m0/s1. The zero-order chi connectivity index (χ0) is 11.5. The first-order valence-electron chi connectivity index (χ1n) is 5.77. The van der Waals surface area contributed by atoms with Gasteiger partial charge in [-0.3, -0.25) is 4.79 Å². The summed E-state index contributed by atoms with van der Waals surface area (Å²) in [5, 5.41) is 8.97. The van der Waals surface area contributed by atoms with E-state index in [1.54, 1.807) is 18.1 Å². The van der Waals surface area contributed by atoms with Crippen molar-refractivity contribution in [2.45, 2.75) is 56.0 Å². The molecule has 4 nitrogen and oxygen atoms in total. The van der Waals surface area contributed by atoms with Crippen molar-refractivity contribution >= 4 is 17.5 Å². The molecule has 0 bridgehead atoms. The van der Waals surface area contributed by atoms with E-state index >= 15 is 0 Å². The van der Waals surface area contributed by atoms with Gasteiger partial charge in [-0.15, -0.1) is 10.2 Å². The van der Waals surface area contributed by atoms with E-state index in [2.05, 4.69) is 24.0 Å². The van der Waals surface area contributed by atoms with Gasteiger partial charge < -0.3 is 4.57 Å². The van der Waals surface area contributed by atoms with Gasteiger partial charge in [0.2, 0.25) is 0 Å². The van der Waals surface area contributed by atoms with Crippen LogP contribution in [0, 0.1) is 0 Å². The van der Waals surface area contributed by atoms with Crippen LogP contribution in [-0.4, -0.2) is 25.8 Å². The predicted octanol–water partition coefficient (Wildman–Crippen LogP) is 2.46. The van der Waals surface area contributed by atoms with E-state index in [-0.39, 0.29) is 5.25 Å². The summed E-state index contributed by atoms with van der Waals surface area (Å²) < 4.78 is 2.02. The second-order valence-corrected chi connectivity index (χ2v) is 5.60. The van der Waals surface area contributed by atoms with Crippen LogP contribution in [0.3, 0.4) is 0 Å². The summed E-state index contributed by atoms with van der Waals surface area (Å²) in [4.78, 5) is 11.7. The molecule has 1 saturated carbocycles. The molecule has 5 heteroatoms. The van der Waals surface area contributed by atoms with E-state index in [1.807, 2.05) is 4.57 Å². The first kappa shape index (κ1) is 11.6. The largest absolute Gasteiger partial charge is 0.306 e. The Morgan fingerprint density at radius 1 is 1.50 bits per heavy atom. The van der Waals surface area contributed by atoms with Crippen LogP contribution in [0.1, 0.15) is 45.6 Å². The molecular formula is C11H17N3OS. The highest BCUT2D eigenvalue weighted by atomic mass is 32.2. The third-order valence-corrected chi connectivity index (χ3v) is 4.13. The Bertz CT molecular complexity index is 375. The summed E-state index contributed by atoms with van der Waals surface area (Å²) in [6.45, 7) is 4.19. The predicted molar refractivity (Wildman–Crippen MR) is 63.5 cm³/mol. The fraction of sp³-hybridized carbons (Fsp3) is 0.727. The summed E-state index contributed by atoms with van der Waals surface area (Å²) in [5.41, 5.74) is 0. The smallest absolute Gasteiger partial charge is 0.191 e. The minimum absolute atomic E-state index is 0.0930. The van der Waals surface area contributed by atoms with Crippen LogP contribution in [0.4, 0.5) is 0 Å². The third kappa shape index (κ3) is 2.45. The Labute approximate surface area is 99.8 Å². The summed E-state index contributed by atoms with van der Waals surface area (Å²) in [7, 11) is 0. The number of thioether (sulfide) groups is 1. The van der Waals surface area contributed by atoms with Crippen molar-refractivity contribution < 1.29 is 4.79 Å². The van der Waals surface area contributed by atoms with Gasteiger partial charge in [-0.2, -0.15) is 0 Å². The quantitative estimate of drug-likeness (QED) is 0.813. The maximum atomic E-state index is 11.7. The molecule has 16 heavy (non-hydrogen) atoms. The average Bonchev–Trinajstić information content (AvgIpc) is 2.69. The molecule has 0 amide bonds. The second kappa shape index (κ2) is 4.99. The maximum Gasteiger partial charge on any atom is 0.191 e. The van der Waals surface area contributed by atoms with Crippen LogP contribution in [-0.2, 0) is 4.79 Å². The molecule has 0 unspecified atom stereocenters. The van der Waals surface area contributed by atoms with Gasteiger partial charge in [0.05, 0.1) is 5.25 Å². The normalized spacial score (nSPS) is 21.7. The van der Waals surface area contributed by atoms with Crippen molar-refractivity contribution in [3.8, 4) is 0 Å². The van der Waals surface area contributed by atoms with E-state index in [0.717, 1.165) is 30.8 Å². The molecule has 0 saturated heterocycles. The number of Topliss-reactive ketones (excluding diaryl/α,β-unsaturated/α-hetero) is 1. The van der Waals surface area contributed by atoms with E-state index in [0.29, 0.717) is 11.8 Å². The fourth-order valence-electron chi connectivity index (χ4n) is 1.87. The van der Waals surface area contributed by atoms with Crippen molar-refractivity contribution in [1.29, 1.82) is 0 Å². The molecule has 1 fully saturated rings. The van der Waals surface area contributed by atoms with Gasteiger partial charge in [-0.05, 0) is 26.7 Å². The molecule has 88 valence electrons. The van der Waals surface area contributed by atoms with Gasteiger partial charge in [0.1, 0.15) is 12.1 Å². The molecular weight excluding hydrogens is 222 g/mol. The lowest BCUT2D eigenvalue weighted by Crippen LogP contribution is -2.22. The monoisotopic (exact) mass is 239 g/mol. The lowest BCUT2D eigenvalue weighted by molar-refractivity contribution is -0.119. The number of hydrogen-bond acceptors (Lipinski definition) is 4.